The zero-order valence-corrected chi connectivity index (χ0v) is 29.4. The molecule has 0 aliphatic carbocycles. The van der Waals surface area contributed by atoms with Gasteiger partial charge in [0.25, 0.3) is 0 Å². The zero-order chi connectivity index (χ0) is 34.8. The van der Waals surface area contributed by atoms with Crippen molar-refractivity contribution < 1.29 is 0 Å². The standard InChI is InChI=1S/C49H37BN2/c1-49(2)40-20-11-12-23-44(40)52-45-31-36(33-16-7-4-8-17-33)30-39(47(45)50-42-22-13-21-41(49)48(42)52)46-38-19-10-9-18-35(38)26-29-43(46)51-37-27-24-34(25-28-37)32-14-5-3-6-15-32/h3-31,50-51H,1-2H3. The van der Waals surface area contributed by atoms with E-state index in [1.54, 1.807) is 0 Å². The first-order chi connectivity index (χ1) is 25.5. The number of rotatable bonds is 5. The van der Waals surface area contributed by atoms with Gasteiger partial charge in [0.05, 0.1) is 5.69 Å². The summed E-state index contributed by atoms with van der Waals surface area (Å²) >= 11 is 0. The second-order valence-electron chi connectivity index (χ2n) is 14.6. The van der Waals surface area contributed by atoms with Gasteiger partial charge < -0.3 is 10.2 Å². The van der Waals surface area contributed by atoms with Crippen LogP contribution in [0.2, 0.25) is 0 Å². The molecule has 2 nitrogen and oxygen atoms in total. The Morgan fingerprint density at radius 2 is 1.17 bits per heavy atom. The predicted octanol–water partition coefficient (Wildman–Crippen LogP) is 11.4. The maximum atomic E-state index is 3.89. The third-order valence-electron chi connectivity index (χ3n) is 11.2. The van der Waals surface area contributed by atoms with Crippen molar-refractivity contribution in [3.8, 4) is 33.4 Å². The van der Waals surface area contributed by atoms with Gasteiger partial charge in [-0.1, -0.05) is 159 Å². The van der Waals surface area contributed by atoms with Crippen molar-refractivity contribution in [3.05, 3.63) is 187 Å². The van der Waals surface area contributed by atoms with Gasteiger partial charge in [0, 0.05) is 33.7 Å². The highest BCUT2D eigenvalue weighted by Gasteiger charge is 2.41. The Morgan fingerprint density at radius 3 is 1.96 bits per heavy atom. The summed E-state index contributed by atoms with van der Waals surface area (Å²) in [5.41, 5.74) is 18.7. The summed E-state index contributed by atoms with van der Waals surface area (Å²) in [5.74, 6) is 0. The number of fused-ring (bicyclic) bond motifs is 5. The number of benzene rings is 8. The highest BCUT2D eigenvalue weighted by Crippen LogP contribution is 2.53. The Balaban J connectivity index is 1.22. The van der Waals surface area contributed by atoms with Crippen molar-refractivity contribution in [2.24, 2.45) is 0 Å². The number of anilines is 5. The molecule has 2 heterocycles. The minimum Gasteiger partial charge on any atom is -0.355 e. The average molecular weight is 665 g/mol. The fraction of sp³-hybridized carbons (Fsp3) is 0.0612. The molecule has 246 valence electrons. The maximum Gasteiger partial charge on any atom is 0.198 e. The van der Waals surface area contributed by atoms with Crippen LogP contribution in [-0.4, -0.2) is 7.28 Å². The second kappa shape index (κ2) is 11.9. The Kier molecular flexibility index (Phi) is 6.98. The van der Waals surface area contributed by atoms with E-state index in [1.807, 2.05) is 0 Å². The summed E-state index contributed by atoms with van der Waals surface area (Å²) in [5, 5.41) is 6.35. The van der Waals surface area contributed by atoms with Crippen LogP contribution in [0.5, 0.6) is 0 Å². The molecule has 2 aliphatic heterocycles. The normalized spacial score (nSPS) is 13.5. The molecule has 8 aromatic rings. The Morgan fingerprint density at radius 1 is 0.519 bits per heavy atom. The zero-order valence-electron chi connectivity index (χ0n) is 29.4. The van der Waals surface area contributed by atoms with Crippen LogP contribution in [0.15, 0.2) is 176 Å². The number of para-hydroxylation sites is 2. The lowest BCUT2D eigenvalue weighted by Gasteiger charge is -2.46. The first kappa shape index (κ1) is 30.5. The molecule has 0 spiro atoms. The van der Waals surface area contributed by atoms with E-state index in [0.29, 0.717) is 0 Å². The van der Waals surface area contributed by atoms with Crippen LogP contribution in [0.4, 0.5) is 28.4 Å². The molecule has 0 fully saturated rings. The topological polar surface area (TPSA) is 15.3 Å². The van der Waals surface area contributed by atoms with Crippen molar-refractivity contribution in [3.63, 3.8) is 0 Å². The molecule has 0 saturated heterocycles. The minimum atomic E-state index is -0.113. The van der Waals surface area contributed by atoms with E-state index < -0.39 is 0 Å². The van der Waals surface area contributed by atoms with Gasteiger partial charge in [-0.2, -0.15) is 0 Å². The van der Waals surface area contributed by atoms with Crippen LogP contribution >= 0.6 is 0 Å². The average Bonchev–Trinajstić information content (AvgIpc) is 3.20. The molecule has 2 aliphatic rings. The first-order valence-corrected chi connectivity index (χ1v) is 18.2. The Bertz CT molecular complexity index is 2640. The quantitative estimate of drug-likeness (QED) is 0.184. The second-order valence-corrected chi connectivity index (χ2v) is 14.6. The lowest BCUT2D eigenvalue weighted by atomic mass is 9.55. The molecule has 0 amide bonds. The monoisotopic (exact) mass is 664 g/mol. The van der Waals surface area contributed by atoms with Gasteiger partial charge in [0.15, 0.2) is 7.28 Å². The van der Waals surface area contributed by atoms with Crippen molar-refractivity contribution in [2.45, 2.75) is 19.3 Å². The molecule has 1 N–H and O–H groups in total. The summed E-state index contributed by atoms with van der Waals surface area (Å²) in [7, 11) is 0.853. The number of nitrogens with zero attached hydrogens (tertiary/aromatic N) is 1. The van der Waals surface area contributed by atoms with Crippen molar-refractivity contribution in [1.29, 1.82) is 0 Å². The molecule has 0 unspecified atom stereocenters. The van der Waals surface area contributed by atoms with Crippen LogP contribution < -0.4 is 21.1 Å². The van der Waals surface area contributed by atoms with Crippen LogP contribution in [0.25, 0.3) is 44.2 Å². The minimum absolute atomic E-state index is 0.113. The van der Waals surface area contributed by atoms with E-state index in [0.717, 1.165) is 18.7 Å². The third-order valence-corrected chi connectivity index (χ3v) is 11.2. The van der Waals surface area contributed by atoms with Gasteiger partial charge in [-0.05, 0) is 91.6 Å². The lowest BCUT2D eigenvalue weighted by molar-refractivity contribution is 0.632. The SMILES string of the molecule is CC1(C)c2ccccc2N2c3cc(-c4ccccc4)cc(-c4c(Nc5ccc(-c6ccccc6)cc5)ccc5ccccc45)c3Bc3cccc1c32. The van der Waals surface area contributed by atoms with Crippen LogP contribution in [0.1, 0.15) is 25.0 Å². The first-order valence-electron chi connectivity index (χ1n) is 18.2. The van der Waals surface area contributed by atoms with E-state index in [2.05, 4.69) is 200 Å². The molecule has 0 aromatic heterocycles. The van der Waals surface area contributed by atoms with Crippen LogP contribution in [0.3, 0.4) is 0 Å². The van der Waals surface area contributed by atoms with Crippen molar-refractivity contribution in [1.82, 2.24) is 0 Å². The number of nitrogens with one attached hydrogen (secondary N) is 1. The van der Waals surface area contributed by atoms with E-state index in [1.165, 1.54) is 83.3 Å². The number of hydrogen-bond donors (Lipinski definition) is 1. The summed E-state index contributed by atoms with van der Waals surface area (Å²) in [6, 6.07) is 64.4. The summed E-state index contributed by atoms with van der Waals surface area (Å²) < 4.78 is 0. The molecule has 10 rings (SSSR count). The lowest BCUT2D eigenvalue weighted by Crippen LogP contribution is -2.45. The fourth-order valence-corrected chi connectivity index (χ4v) is 8.67. The highest BCUT2D eigenvalue weighted by molar-refractivity contribution is 6.73. The van der Waals surface area contributed by atoms with Gasteiger partial charge in [-0.3, -0.25) is 0 Å². The van der Waals surface area contributed by atoms with Gasteiger partial charge in [0.2, 0.25) is 0 Å². The predicted molar refractivity (Wildman–Crippen MR) is 223 cm³/mol. The summed E-state index contributed by atoms with van der Waals surface area (Å²) in [6.07, 6.45) is 0. The molecule has 3 heteroatoms. The largest absolute Gasteiger partial charge is 0.355 e. The van der Waals surface area contributed by atoms with E-state index in [4.69, 9.17) is 0 Å². The van der Waals surface area contributed by atoms with Crippen molar-refractivity contribution >= 4 is 57.4 Å². The maximum absolute atomic E-state index is 3.89. The van der Waals surface area contributed by atoms with Gasteiger partial charge >= 0.3 is 0 Å². The van der Waals surface area contributed by atoms with Crippen LogP contribution in [0, 0.1) is 0 Å². The van der Waals surface area contributed by atoms with E-state index >= 15 is 0 Å². The third kappa shape index (κ3) is 4.81. The Hall–Kier alpha value is -6.32. The number of hydrogen-bond acceptors (Lipinski definition) is 2. The molecular formula is C49H37BN2. The molecule has 8 aromatic carbocycles. The molecule has 0 radical (unpaired) electrons. The summed E-state index contributed by atoms with van der Waals surface area (Å²) in [6.45, 7) is 4.75. The fourth-order valence-electron chi connectivity index (χ4n) is 8.67. The van der Waals surface area contributed by atoms with E-state index in [9.17, 15) is 0 Å². The van der Waals surface area contributed by atoms with E-state index in [-0.39, 0.29) is 5.41 Å². The van der Waals surface area contributed by atoms with Crippen LogP contribution in [-0.2, 0) is 5.41 Å². The highest BCUT2D eigenvalue weighted by atomic mass is 15.2. The van der Waals surface area contributed by atoms with Gasteiger partial charge in [-0.15, -0.1) is 0 Å². The molecule has 0 bridgehead atoms. The van der Waals surface area contributed by atoms with Gasteiger partial charge in [-0.25, -0.2) is 0 Å². The molecular weight excluding hydrogens is 627 g/mol. The Labute approximate surface area is 306 Å². The smallest absolute Gasteiger partial charge is 0.198 e. The van der Waals surface area contributed by atoms with Gasteiger partial charge in [0.1, 0.15) is 0 Å². The molecule has 0 atom stereocenters. The molecule has 52 heavy (non-hydrogen) atoms. The summed E-state index contributed by atoms with van der Waals surface area (Å²) in [4.78, 5) is 2.57. The molecule has 0 saturated carbocycles. The van der Waals surface area contributed by atoms with Crippen molar-refractivity contribution in [2.75, 3.05) is 10.2 Å².